The number of nitrogens with two attached hydrogens (primary N) is 1. The highest BCUT2D eigenvalue weighted by atomic mass is 79.9. The van der Waals surface area contributed by atoms with Gasteiger partial charge in [0, 0.05) is 28.3 Å². The van der Waals surface area contributed by atoms with Crippen LogP contribution >= 0.6 is 15.9 Å². The third-order valence-corrected chi connectivity index (χ3v) is 6.69. The van der Waals surface area contributed by atoms with Crippen molar-refractivity contribution in [2.75, 3.05) is 11.9 Å². The van der Waals surface area contributed by atoms with Gasteiger partial charge >= 0.3 is 5.69 Å². The number of ether oxygens (including phenoxy) is 3. The van der Waals surface area contributed by atoms with E-state index in [1.165, 1.54) is 0 Å². The molecule has 1 saturated heterocycles. The van der Waals surface area contributed by atoms with Crippen molar-refractivity contribution in [1.82, 2.24) is 9.55 Å². The van der Waals surface area contributed by atoms with Gasteiger partial charge in [0.2, 0.25) is 12.2 Å². The number of H-pyrrole nitrogens is 1. The first-order valence-corrected chi connectivity index (χ1v) is 12.3. The van der Waals surface area contributed by atoms with E-state index < -0.39 is 84.4 Å². The lowest BCUT2D eigenvalue weighted by Crippen LogP contribution is -2.52. The van der Waals surface area contributed by atoms with Gasteiger partial charge in [0.25, 0.3) is 11.5 Å². The Hall–Kier alpha value is -3.38. The van der Waals surface area contributed by atoms with Crippen LogP contribution in [0.2, 0.25) is 0 Å². The van der Waals surface area contributed by atoms with Crippen LogP contribution in [0, 0.1) is 5.92 Å². The van der Waals surface area contributed by atoms with E-state index in [1.807, 2.05) is 4.98 Å². The number of primary amides is 1. The molecule has 0 unspecified atom stereocenters. The number of aliphatic hydroxyl groups is 4. The molecule has 0 bridgehead atoms. The molecule has 2 amide bonds. The fourth-order valence-electron chi connectivity index (χ4n) is 4.18. The Morgan fingerprint density at radius 1 is 1.15 bits per heavy atom. The number of aromatic nitrogens is 2. The molecule has 1 aromatic carbocycles. The van der Waals surface area contributed by atoms with Crippen molar-refractivity contribution in [2.45, 2.75) is 43.0 Å². The van der Waals surface area contributed by atoms with Crippen LogP contribution in [-0.4, -0.2) is 85.2 Å². The maximum atomic E-state index is 12.7. The minimum Gasteiger partial charge on any atom is -0.456 e. The van der Waals surface area contributed by atoms with Crippen molar-refractivity contribution in [2.24, 2.45) is 11.7 Å². The monoisotopic (exact) mass is 612 g/mol. The first-order chi connectivity index (χ1) is 18.5. The van der Waals surface area contributed by atoms with Crippen LogP contribution < -0.4 is 22.3 Å². The van der Waals surface area contributed by atoms with Gasteiger partial charge in [-0.15, -0.1) is 0 Å². The summed E-state index contributed by atoms with van der Waals surface area (Å²) in [5.41, 5.74) is 4.26. The van der Waals surface area contributed by atoms with Gasteiger partial charge in [-0.1, -0.05) is 15.9 Å². The molecule has 0 aliphatic carbocycles. The summed E-state index contributed by atoms with van der Waals surface area (Å²) in [5, 5.41) is 43.9. The SMILES string of the molecule is NC(=O)[C@H](O[C@H]1OC(C(=O)Nc2ccc(Br)cc2)=C[C@H](O)[C@@H]1O)[C@H]1O[C@@H](n2ccc(=O)[nH]c2=O)[C@H](O)[C@@H]1CO. The van der Waals surface area contributed by atoms with Gasteiger partial charge in [0.15, 0.2) is 18.1 Å². The Morgan fingerprint density at radius 2 is 1.85 bits per heavy atom. The maximum Gasteiger partial charge on any atom is 0.330 e. The second-order valence-corrected chi connectivity index (χ2v) is 9.68. The molecule has 16 heteroatoms. The number of nitrogens with one attached hydrogen (secondary N) is 2. The number of aromatic amines is 1. The Morgan fingerprint density at radius 3 is 2.46 bits per heavy atom. The Bertz CT molecular complexity index is 1360. The molecule has 4 rings (SSSR count). The third kappa shape index (κ3) is 6.11. The molecule has 2 aromatic rings. The summed E-state index contributed by atoms with van der Waals surface area (Å²) in [6.07, 6.45) is -9.57. The smallest absolute Gasteiger partial charge is 0.330 e. The fourth-order valence-corrected chi connectivity index (χ4v) is 4.44. The van der Waals surface area contributed by atoms with E-state index in [2.05, 4.69) is 21.2 Å². The minimum absolute atomic E-state index is 0.392. The van der Waals surface area contributed by atoms with Crippen LogP contribution in [0.5, 0.6) is 0 Å². The standard InChI is InChI=1S/C23H25BrN4O11/c24-9-1-3-10(4-2-9)26-20(35)13-7-12(30)16(33)22(37-13)39-18(19(25)34)17-11(8-29)15(32)21(38-17)28-6-5-14(31)27-23(28)36/h1-7,11-12,15-18,21-22,29-30,32-33H,8H2,(H2,25,34)(H,26,35)(H,27,31,36)/t11-,12-,15+,16-,17-,18+,21+,22+/m0/s1. The number of benzene rings is 1. The lowest BCUT2D eigenvalue weighted by Gasteiger charge is -2.35. The minimum atomic E-state index is -1.82. The van der Waals surface area contributed by atoms with Gasteiger partial charge < -0.3 is 45.7 Å². The zero-order chi connectivity index (χ0) is 28.4. The number of amides is 2. The molecule has 1 aromatic heterocycles. The van der Waals surface area contributed by atoms with Gasteiger partial charge in [0.05, 0.1) is 6.61 Å². The van der Waals surface area contributed by atoms with E-state index in [0.29, 0.717) is 5.69 Å². The first kappa shape index (κ1) is 28.6. The van der Waals surface area contributed by atoms with Crippen molar-refractivity contribution in [1.29, 1.82) is 0 Å². The molecule has 0 radical (unpaired) electrons. The average molecular weight is 613 g/mol. The second kappa shape index (κ2) is 11.8. The number of aliphatic hydroxyl groups excluding tert-OH is 4. The predicted molar refractivity (Wildman–Crippen MR) is 134 cm³/mol. The first-order valence-electron chi connectivity index (χ1n) is 11.5. The lowest BCUT2D eigenvalue weighted by molar-refractivity contribution is -0.239. The van der Waals surface area contributed by atoms with Crippen LogP contribution in [0.15, 0.2) is 62.4 Å². The number of nitrogens with zero attached hydrogens (tertiary/aromatic N) is 1. The van der Waals surface area contributed by atoms with Gasteiger partial charge in [-0.3, -0.25) is 23.9 Å². The molecule has 2 aliphatic heterocycles. The number of carbonyl (C=O) groups excluding carboxylic acids is 2. The van der Waals surface area contributed by atoms with E-state index in [1.54, 1.807) is 24.3 Å². The number of carbonyl (C=O) groups is 2. The van der Waals surface area contributed by atoms with Crippen molar-refractivity contribution in [3.63, 3.8) is 0 Å². The van der Waals surface area contributed by atoms with E-state index >= 15 is 0 Å². The van der Waals surface area contributed by atoms with E-state index in [9.17, 15) is 39.6 Å². The summed E-state index contributed by atoms with van der Waals surface area (Å²) in [4.78, 5) is 50.7. The Labute approximate surface area is 227 Å². The molecule has 3 heterocycles. The maximum absolute atomic E-state index is 12.7. The van der Waals surface area contributed by atoms with E-state index in [-0.39, 0.29) is 0 Å². The molecule has 210 valence electrons. The van der Waals surface area contributed by atoms with Crippen molar-refractivity contribution in [3.05, 3.63) is 73.7 Å². The van der Waals surface area contributed by atoms with Gasteiger partial charge in [0.1, 0.15) is 24.4 Å². The van der Waals surface area contributed by atoms with Gasteiger partial charge in [-0.2, -0.15) is 0 Å². The molecular formula is C23H25BrN4O11. The molecule has 8 N–H and O–H groups in total. The fraction of sp³-hybridized carbons (Fsp3) is 0.391. The summed E-state index contributed by atoms with van der Waals surface area (Å²) in [5.74, 6) is -3.63. The van der Waals surface area contributed by atoms with Crippen molar-refractivity contribution < 1.29 is 44.2 Å². The largest absolute Gasteiger partial charge is 0.456 e. The average Bonchev–Trinajstić information content (AvgIpc) is 3.21. The summed E-state index contributed by atoms with van der Waals surface area (Å²) in [6.45, 7) is -0.745. The van der Waals surface area contributed by atoms with Crippen LogP contribution in [0.25, 0.3) is 0 Å². The molecule has 15 nitrogen and oxygen atoms in total. The highest BCUT2D eigenvalue weighted by molar-refractivity contribution is 9.10. The van der Waals surface area contributed by atoms with Crippen LogP contribution in [0.1, 0.15) is 6.23 Å². The van der Waals surface area contributed by atoms with Gasteiger partial charge in [-0.05, 0) is 30.3 Å². The zero-order valence-corrected chi connectivity index (χ0v) is 21.5. The van der Waals surface area contributed by atoms with Crippen molar-refractivity contribution >= 4 is 33.4 Å². The summed E-state index contributed by atoms with van der Waals surface area (Å²) >= 11 is 3.27. The van der Waals surface area contributed by atoms with Gasteiger partial charge in [-0.25, -0.2) is 4.79 Å². The molecule has 0 spiro atoms. The second-order valence-electron chi connectivity index (χ2n) is 8.76. The number of halogens is 1. The lowest BCUT2D eigenvalue weighted by atomic mass is 9.94. The van der Waals surface area contributed by atoms with E-state index in [4.69, 9.17) is 19.9 Å². The molecule has 0 saturated carbocycles. The molecular weight excluding hydrogens is 588 g/mol. The zero-order valence-electron chi connectivity index (χ0n) is 19.9. The number of hydrogen-bond donors (Lipinski definition) is 7. The predicted octanol–water partition coefficient (Wildman–Crippen LogP) is -2.36. The van der Waals surface area contributed by atoms with E-state index in [0.717, 1.165) is 27.4 Å². The Balaban J connectivity index is 1.54. The Kier molecular flexibility index (Phi) is 8.65. The number of rotatable bonds is 8. The summed E-state index contributed by atoms with van der Waals surface area (Å²) in [6, 6.07) is 7.54. The molecule has 2 aliphatic rings. The molecule has 39 heavy (non-hydrogen) atoms. The molecule has 8 atom stereocenters. The summed E-state index contributed by atoms with van der Waals surface area (Å²) in [7, 11) is 0. The summed E-state index contributed by atoms with van der Waals surface area (Å²) < 4.78 is 18.3. The van der Waals surface area contributed by atoms with Crippen LogP contribution in [0.4, 0.5) is 5.69 Å². The number of anilines is 1. The van der Waals surface area contributed by atoms with Crippen LogP contribution in [0.3, 0.4) is 0 Å². The normalized spacial score (nSPS) is 29.3. The quantitative estimate of drug-likeness (QED) is 0.166. The molecule has 1 fully saturated rings. The number of hydrogen-bond acceptors (Lipinski definition) is 11. The highest BCUT2D eigenvalue weighted by Crippen LogP contribution is 2.36. The topological polar surface area (TPSA) is 236 Å². The van der Waals surface area contributed by atoms with Crippen molar-refractivity contribution in [3.8, 4) is 0 Å². The van der Waals surface area contributed by atoms with Crippen LogP contribution in [-0.2, 0) is 23.8 Å². The highest BCUT2D eigenvalue weighted by Gasteiger charge is 2.51. The third-order valence-electron chi connectivity index (χ3n) is 6.16.